The minimum Gasteiger partial charge on any atom is -0.387 e. The first-order valence-corrected chi connectivity index (χ1v) is 4.78. The van der Waals surface area contributed by atoms with Gasteiger partial charge in [-0.25, -0.2) is 4.98 Å². The lowest BCUT2D eigenvalue weighted by Crippen LogP contribution is -2.10. The molecule has 2 nitrogen and oxygen atoms in total. The van der Waals surface area contributed by atoms with Gasteiger partial charge in [-0.1, -0.05) is 0 Å². The average molecular weight is 216 g/mol. The maximum absolute atomic E-state index is 12.4. The number of nitrogens with zero attached hydrogens (tertiary/aromatic N) is 1. The summed E-state index contributed by atoms with van der Waals surface area (Å²) in [6, 6.07) is 2.46. The Morgan fingerprint density at radius 3 is 2.47 bits per heavy atom. The summed E-state index contributed by atoms with van der Waals surface area (Å²) in [7, 11) is 1.69. The number of aromatic nitrogens is 1. The number of pyridine rings is 1. The van der Waals surface area contributed by atoms with Crippen molar-refractivity contribution in [2.45, 2.75) is 24.9 Å². The number of hydrogen-bond acceptors (Lipinski definition) is 2. The number of rotatable bonds is 2. The quantitative estimate of drug-likeness (QED) is 0.821. The van der Waals surface area contributed by atoms with Crippen LogP contribution in [0.15, 0.2) is 12.1 Å². The normalized spacial score (nSPS) is 16.5. The van der Waals surface area contributed by atoms with Crippen LogP contribution in [-0.2, 0) is 6.18 Å². The van der Waals surface area contributed by atoms with Gasteiger partial charge < -0.3 is 5.32 Å². The van der Waals surface area contributed by atoms with Crippen molar-refractivity contribution >= 4 is 5.69 Å². The third-order valence-electron chi connectivity index (χ3n) is 2.45. The van der Waals surface area contributed by atoms with Crippen molar-refractivity contribution in [3.05, 3.63) is 23.5 Å². The highest BCUT2D eigenvalue weighted by molar-refractivity contribution is 5.51. The molecule has 1 N–H and O–H groups in total. The Hall–Kier alpha value is -1.26. The van der Waals surface area contributed by atoms with E-state index in [1.165, 1.54) is 6.07 Å². The summed E-state index contributed by atoms with van der Waals surface area (Å²) in [5.41, 5.74) is 0.446. The minimum absolute atomic E-state index is 0.203. The van der Waals surface area contributed by atoms with Gasteiger partial charge in [-0.3, -0.25) is 0 Å². The third kappa shape index (κ3) is 2.06. The molecule has 0 aromatic carbocycles. The summed E-state index contributed by atoms with van der Waals surface area (Å²) < 4.78 is 37.2. The van der Waals surface area contributed by atoms with E-state index in [9.17, 15) is 13.2 Å². The molecule has 1 aromatic rings. The predicted molar refractivity (Wildman–Crippen MR) is 50.8 cm³/mol. The summed E-state index contributed by atoms with van der Waals surface area (Å²) in [5, 5.41) is 2.87. The third-order valence-corrected chi connectivity index (χ3v) is 2.45. The number of anilines is 1. The maximum atomic E-state index is 12.4. The Kier molecular flexibility index (Phi) is 2.32. The van der Waals surface area contributed by atoms with E-state index in [-0.39, 0.29) is 5.92 Å². The van der Waals surface area contributed by atoms with Crippen LogP contribution < -0.4 is 5.32 Å². The topological polar surface area (TPSA) is 24.9 Å². The monoisotopic (exact) mass is 216 g/mol. The summed E-state index contributed by atoms with van der Waals surface area (Å²) in [5.74, 6) is 0.203. The molecule has 1 aliphatic carbocycles. The first kappa shape index (κ1) is 10.3. The fraction of sp³-hybridized carbons (Fsp3) is 0.500. The summed E-state index contributed by atoms with van der Waals surface area (Å²) in [4.78, 5) is 3.69. The second kappa shape index (κ2) is 3.40. The van der Waals surface area contributed by atoms with Gasteiger partial charge in [0.15, 0.2) is 0 Å². The molecule has 0 amide bonds. The molecule has 1 aliphatic rings. The van der Waals surface area contributed by atoms with Crippen LogP contribution in [0.5, 0.6) is 0 Å². The van der Waals surface area contributed by atoms with E-state index in [1.54, 1.807) is 7.05 Å². The molecule has 0 atom stereocenters. The van der Waals surface area contributed by atoms with Crippen LogP contribution in [0.25, 0.3) is 0 Å². The maximum Gasteiger partial charge on any atom is 0.433 e. The molecule has 2 rings (SSSR count). The number of halogens is 3. The molecule has 1 saturated carbocycles. The zero-order chi connectivity index (χ0) is 11.1. The molecule has 15 heavy (non-hydrogen) atoms. The molecule has 0 unspecified atom stereocenters. The van der Waals surface area contributed by atoms with Crippen molar-refractivity contribution < 1.29 is 13.2 Å². The molecular formula is C10H11F3N2. The molecule has 0 aliphatic heterocycles. The van der Waals surface area contributed by atoms with Gasteiger partial charge in [0.1, 0.15) is 5.69 Å². The second-order valence-electron chi connectivity index (χ2n) is 3.65. The zero-order valence-corrected chi connectivity index (χ0v) is 8.23. The molecule has 0 radical (unpaired) electrons. The van der Waals surface area contributed by atoms with Crippen molar-refractivity contribution in [1.29, 1.82) is 0 Å². The fourth-order valence-corrected chi connectivity index (χ4v) is 1.51. The smallest absolute Gasteiger partial charge is 0.387 e. The van der Waals surface area contributed by atoms with Gasteiger partial charge in [-0.05, 0) is 25.0 Å². The Morgan fingerprint density at radius 2 is 2.00 bits per heavy atom. The van der Waals surface area contributed by atoms with Crippen LogP contribution in [-0.4, -0.2) is 12.0 Å². The number of alkyl halides is 3. The second-order valence-corrected chi connectivity index (χ2v) is 3.65. The lowest BCUT2D eigenvalue weighted by Gasteiger charge is -2.11. The lowest BCUT2D eigenvalue weighted by molar-refractivity contribution is -0.141. The molecule has 0 spiro atoms. The van der Waals surface area contributed by atoms with Gasteiger partial charge in [0.25, 0.3) is 0 Å². The van der Waals surface area contributed by atoms with Crippen LogP contribution in [0, 0.1) is 0 Å². The molecule has 1 fully saturated rings. The molecular weight excluding hydrogens is 205 g/mol. The number of hydrogen-bond donors (Lipinski definition) is 1. The summed E-state index contributed by atoms with van der Waals surface area (Å²) in [6.07, 6.45) is -2.48. The van der Waals surface area contributed by atoms with E-state index in [4.69, 9.17) is 0 Å². The fourth-order valence-electron chi connectivity index (χ4n) is 1.51. The molecule has 0 saturated heterocycles. The SMILES string of the molecule is CNc1ccc(C(F)(F)F)nc1C1CC1. The molecule has 1 aromatic heterocycles. The zero-order valence-electron chi connectivity index (χ0n) is 8.23. The van der Waals surface area contributed by atoms with Gasteiger partial charge in [0.2, 0.25) is 0 Å². The van der Waals surface area contributed by atoms with E-state index >= 15 is 0 Å². The predicted octanol–water partition coefficient (Wildman–Crippen LogP) is 3.02. The van der Waals surface area contributed by atoms with Crippen molar-refractivity contribution in [3.63, 3.8) is 0 Å². The van der Waals surface area contributed by atoms with E-state index in [2.05, 4.69) is 10.3 Å². The molecule has 82 valence electrons. The largest absolute Gasteiger partial charge is 0.433 e. The Balaban J connectivity index is 2.40. The van der Waals surface area contributed by atoms with Crippen LogP contribution in [0.1, 0.15) is 30.1 Å². The molecule has 1 heterocycles. The van der Waals surface area contributed by atoms with Crippen LogP contribution in [0.4, 0.5) is 18.9 Å². The van der Waals surface area contributed by atoms with E-state index in [0.29, 0.717) is 11.4 Å². The van der Waals surface area contributed by atoms with Crippen molar-refractivity contribution in [1.82, 2.24) is 4.98 Å². The number of nitrogens with one attached hydrogen (secondary N) is 1. The van der Waals surface area contributed by atoms with Gasteiger partial charge in [-0.2, -0.15) is 13.2 Å². The van der Waals surface area contributed by atoms with Crippen molar-refractivity contribution in [2.24, 2.45) is 0 Å². The van der Waals surface area contributed by atoms with E-state index in [1.807, 2.05) is 0 Å². The summed E-state index contributed by atoms with van der Waals surface area (Å²) >= 11 is 0. The van der Waals surface area contributed by atoms with Gasteiger partial charge in [0.05, 0.1) is 11.4 Å². The summed E-state index contributed by atoms with van der Waals surface area (Å²) in [6.45, 7) is 0. The van der Waals surface area contributed by atoms with Crippen LogP contribution in [0.3, 0.4) is 0 Å². The highest BCUT2D eigenvalue weighted by Gasteiger charge is 2.35. The van der Waals surface area contributed by atoms with Crippen LogP contribution >= 0.6 is 0 Å². The Labute approximate surface area is 85.5 Å². The van der Waals surface area contributed by atoms with Gasteiger partial charge in [-0.15, -0.1) is 0 Å². The van der Waals surface area contributed by atoms with Crippen molar-refractivity contribution in [3.8, 4) is 0 Å². The van der Waals surface area contributed by atoms with Crippen molar-refractivity contribution in [2.75, 3.05) is 12.4 Å². The van der Waals surface area contributed by atoms with Crippen LogP contribution in [0.2, 0.25) is 0 Å². The molecule has 5 heteroatoms. The highest BCUT2D eigenvalue weighted by Crippen LogP contribution is 2.43. The van der Waals surface area contributed by atoms with E-state index in [0.717, 1.165) is 18.9 Å². The average Bonchev–Trinajstić information content (AvgIpc) is 2.98. The first-order chi connectivity index (χ1) is 7.02. The Bertz CT molecular complexity index is 369. The lowest BCUT2D eigenvalue weighted by atomic mass is 10.2. The standard InChI is InChI=1S/C10H11F3N2/c1-14-7-4-5-8(10(11,12)13)15-9(7)6-2-3-6/h4-6,14H,2-3H2,1H3. The van der Waals surface area contributed by atoms with E-state index < -0.39 is 11.9 Å². The molecule has 0 bridgehead atoms. The minimum atomic E-state index is -4.35. The first-order valence-electron chi connectivity index (χ1n) is 4.78. The Morgan fingerprint density at radius 1 is 1.33 bits per heavy atom. The van der Waals surface area contributed by atoms with Gasteiger partial charge >= 0.3 is 6.18 Å². The van der Waals surface area contributed by atoms with Gasteiger partial charge in [0, 0.05) is 13.0 Å². The highest BCUT2D eigenvalue weighted by atomic mass is 19.4.